The lowest BCUT2D eigenvalue weighted by Gasteiger charge is -2.11. The number of nitrogens with one attached hydrogen (secondary N) is 1. The molecule has 0 saturated carbocycles. The second kappa shape index (κ2) is 6.28. The van der Waals surface area contributed by atoms with Crippen LogP contribution >= 0.6 is 31.9 Å². The number of para-hydroxylation sites is 2. The molecule has 2 rings (SSSR count). The van der Waals surface area contributed by atoms with Gasteiger partial charge in [0.1, 0.15) is 11.5 Å². The normalized spacial score (nSPS) is 10.2. The van der Waals surface area contributed by atoms with Gasteiger partial charge in [-0.1, -0.05) is 28.1 Å². The predicted octanol–water partition coefficient (Wildman–Crippen LogP) is 4.18. The van der Waals surface area contributed by atoms with Crippen LogP contribution < -0.4 is 10.1 Å². The van der Waals surface area contributed by atoms with E-state index in [1.54, 1.807) is 30.3 Å². The number of anilines is 1. The Hall–Kier alpha value is -1.53. The zero-order valence-electron chi connectivity index (χ0n) is 10.5. The molecule has 0 unspecified atom stereocenters. The van der Waals surface area contributed by atoms with Gasteiger partial charge in [0, 0.05) is 4.47 Å². The van der Waals surface area contributed by atoms with Crippen LogP contribution in [0.5, 0.6) is 11.5 Å². The molecule has 0 bridgehead atoms. The SMILES string of the molecule is COc1ccccc1NC(=O)c1cc(Br)cc(Br)c1O. The van der Waals surface area contributed by atoms with Crippen LogP contribution in [0.3, 0.4) is 0 Å². The highest BCUT2D eigenvalue weighted by atomic mass is 79.9. The first-order valence-corrected chi connectivity index (χ1v) is 7.24. The van der Waals surface area contributed by atoms with Crippen LogP contribution in [0.15, 0.2) is 45.3 Å². The van der Waals surface area contributed by atoms with Crippen LogP contribution in [0.25, 0.3) is 0 Å². The molecule has 0 aliphatic rings. The number of carbonyl (C=O) groups is 1. The average Bonchev–Trinajstić information content (AvgIpc) is 2.43. The van der Waals surface area contributed by atoms with Crippen molar-refractivity contribution in [3.05, 3.63) is 50.9 Å². The highest BCUT2D eigenvalue weighted by molar-refractivity contribution is 9.11. The molecule has 2 aromatic rings. The van der Waals surface area contributed by atoms with E-state index in [4.69, 9.17) is 4.74 Å². The van der Waals surface area contributed by atoms with Gasteiger partial charge in [-0.2, -0.15) is 0 Å². The second-order valence-electron chi connectivity index (χ2n) is 3.94. The predicted molar refractivity (Wildman–Crippen MR) is 84.5 cm³/mol. The molecule has 2 aromatic carbocycles. The van der Waals surface area contributed by atoms with Gasteiger partial charge >= 0.3 is 0 Å². The van der Waals surface area contributed by atoms with E-state index >= 15 is 0 Å². The molecule has 104 valence electrons. The standard InChI is InChI=1S/C14H11Br2NO3/c1-20-12-5-3-2-4-11(12)17-14(19)9-6-8(15)7-10(16)13(9)18/h2-7,18H,1H3,(H,17,19). The number of methoxy groups -OCH3 is 1. The first-order chi connectivity index (χ1) is 9.52. The monoisotopic (exact) mass is 399 g/mol. The maximum Gasteiger partial charge on any atom is 0.259 e. The maximum absolute atomic E-state index is 12.2. The van der Waals surface area contributed by atoms with Crippen LogP contribution in [0.1, 0.15) is 10.4 Å². The minimum absolute atomic E-state index is 0.111. The largest absolute Gasteiger partial charge is 0.506 e. The Bertz CT molecular complexity index is 659. The third kappa shape index (κ3) is 3.13. The molecule has 0 saturated heterocycles. The number of phenols is 1. The number of rotatable bonds is 3. The molecule has 2 N–H and O–H groups in total. The summed E-state index contributed by atoms with van der Waals surface area (Å²) in [5, 5.41) is 12.6. The van der Waals surface area contributed by atoms with Gasteiger partial charge in [-0.3, -0.25) is 4.79 Å². The van der Waals surface area contributed by atoms with Crippen molar-refractivity contribution in [2.75, 3.05) is 12.4 Å². The molecule has 6 heteroatoms. The maximum atomic E-state index is 12.2. The number of ether oxygens (including phenoxy) is 1. The van der Waals surface area contributed by atoms with Gasteiger partial charge in [0.05, 0.1) is 22.8 Å². The van der Waals surface area contributed by atoms with Gasteiger partial charge in [0.15, 0.2) is 0 Å². The van der Waals surface area contributed by atoms with Crippen molar-refractivity contribution in [3.8, 4) is 11.5 Å². The summed E-state index contributed by atoms with van der Waals surface area (Å²) in [7, 11) is 1.53. The fraction of sp³-hybridized carbons (Fsp3) is 0.0714. The summed E-state index contributed by atoms with van der Waals surface area (Å²) < 4.78 is 6.29. The van der Waals surface area contributed by atoms with Gasteiger partial charge in [0.2, 0.25) is 0 Å². The lowest BCUT2D eigenvalue weighted by molar-refractivity contribution is 0.102. The molecule has 0 aliphatic heterocycles. The zero-order valence-corrected chi connectivity index (χ0v) is 13.7. The summed E-state index contributed by atoms with van der Waals surface area (Å²) in [6, 6.07) is 10.3. The Morgan fingerprint density at radius 3 is 2.65 bits per heavy atom. The first kappa shape index (κ1) is 14.9. The number of hydrogen-bond donors (Lipinski definition) is 2. The van der Waals surface area contributed by atoms with Crippen LogP contribution in [-0.2, 0) is 0 Å². The molecule has 0 fully saturated rings. The molecule has 0 aliphatic carbocycles. The van der Waals surface area contributed by atoms with Crippen molar-refractivity contribution in [3.63, 3.8) is 0 Å². The molecule has 1 amide bonds. The molecule has 4 nitrogen and oxygen atoms in total. The van der Waals surface area contributed by atoms with Gasteiger partial charge < -0.3 is 15.2 Å². The topological polar surface area (TPSA) is 58.6 Å². The van der Waals surface area contributed by atoms with E-state index in [0.29, 0.717) is 20.4 Å². The van der Waals surface area contributed by atoms with Crippen LogP contribution in [0.4, 0.5) is 5.69 Å². The van der Waals surface area contributed by atoms with Crippen molar-refractivity contribution in [1.29, 1.82) is 0 Å². The fourth-order valence-electron chi connectivity index (χ4n) is 1.68. The molecule has 0 radical (unpaired) electrons. The molecule has 0 spiro atoms. The highest BCUT2D eigenvalue weighted by Crippen LogP contribution is 2.33. The number of halogens is 2. The van der Waals surface area contributed by atoms with Crippen molar-refractivity contribution >= 4 is 43.5 Å². The third-order valence-electron chi connectivity index (χ3n) is 2.63. The number of amides is 1. The molecule has 0 heterocycles. The average molecular weight is 401 g/mol. The number of aromatic hydroxyl groups is 1. The quantitative estimate of drug-likeness (QED) is 0.812. The smallest absolute Gasteiger partial charge is 0.259 e. The summed E-state index contributed by atoms with van der Waals surface area (Å²) in [5.74, 6) is 0.0176. The Balaban J connectivity index is 2.33. The van der Waals surface area contributed by atoms with E-state index in [0.717, 1.165) is 0 Å². The number of benzene rings is 2. The fourth-order valence-corrected chi connectivity index (χ4v) is 2.90. The van der Waals surface area contributed by atoms with E-state index in [-0.39, 0.29) is 11.3 Å². The summed E-state index contributed by atoms with van der Waals surface area (Å²) >= 11 is 6.48. The van der Waals surface area contributed by atoms with Crippen LogP contribution in [0, 0.1) is 0 Å². The van der Waals surface area contributed by atoms with Gasteiger partial charge in [0.25, 0.3) is 5.91 Å². The Morgan fingerprint density at radius 2 is 1.95 bits per heavy atom. The summed E-state index contributed by atoms with van der Waals surface area (Å²) in [6.45, 7) is 0. The van der Waals surface area contributed by atoms with E-state index in [1.165, 1.54) is 7.11 Å². The molecular formula is C14H11Br2NO3. The Morgan fingerprint density at radius 1 is 1.25 bits per heavy atom. The van der Waals surface area contributed by atoms with E-state index in [1.807, 2.05) is 6.07 Å². The van der Waals surface area contributed by atoms with Gasteiger partial charge in [-0.15, -0.1) is 0 Å². The lowest BCUT2D eigenvalue weighted by atomic mass is 10.2. The molecule has 0 aromatic heterocycles. The zero-order chi connectivity index (χ0) is 14.7. The minimum atomic E-state index is -0.422. The van der Waals surface area contributed by atoms with Gasteiger partial charge in [-0.25, -0.2) is 0 Å². The van der Waals surface area contributed by atoms with Crippen molar-refractivity contribution in [2.24, 2.45) is 0 Å². The van der Waals surface area contributed by atoms with Crippen LogP contribution in [-0.4, -0.2) is 18.1 Å². The van der Waals surface area contributed by atoms with Crippen molar-refractivity contribution in [2.45, 2.75) is 0 Å². The minimum Gasteiger partial charge on any atom is -0.506 e. The summed E-state index contributed by atoms with van der Waals surface area (Å²) in [5.41, 5.74) is 0.702. The summed E-state index contributed by atoms with van der Waals surface area (Å²) in [6.07, 6.45) is 0. The van der Waals surface area contributed by atoms with Crippen LogP contribution in [0.2, 0.25) is 0 Å². The number of hydrogen-bond acceptors (Lipinski definition) is 3. The molecule has 20 heavy (non-hydrogen) atoms. The number of phenolic OH excluding ortho intramolecular Hbond substituents is 1. The van der Waals surface area contributed by atoms with E-state index < -0.39 is 5.91 Å². The lowest BCUT2D eigenvalue weighted by Crippen LogP contribution is -2.13. The van der Waals surface area contributed by atoms with Crippen molar-refractivity contribution in [1.82, 2.24) is 0 Å². The Labute approximate surface area is 133 Å². The Kier molecular flexibility index (Phi) is 4.67. The third-order valence-corrected chi connectivity index (χ3v) is 3.69. The van der Waals surface area contributed by atoms with E-state index in [2.05, 4.69) is 37.2 Å². The van der Waals surface area contributed by atoms with E-state index in [9.17, 15) is 9.90 Å². The van der Waals surface area contributed by atoms with Crippen molar-refractivity contribution < 1.29 is 14.6 Å². The number of carbonyl (C=O) groups excluding carboxylic acids is 1. The molecule has 0 atom stereocenters. The summed E-state index contributed by atoms with van der Waals surface area (Å²) in [4.78, 5) is 12.2. The highest BCUT2D eigenvalue weighted by Gasteiger charge is 2.16. The second-order valence-corrected chi connectivity index (χ2v) is 5.71. The molecular weight excluding hydrogens is 390 g/mol. The first-order valence-electron chi connectivity index (χ1n) is 5.65. The van der Waals surface area contributed by atoms with Gasteiger partial charge in [-0.05, 0) is 40.2 Å².